The maximum absolute atomic E-state index is 12.1. The highest BCUT2D eigenvalue weighted by molar-refractivity contribution is 5.93. The molecule has 1 heterocycles. The van der Waals surface area contributed by atoms with E-state index < -0.39 is 0 Å². The fourth-order valence-corrected chi connectivity index (χ4v) is 1.96. The van der Waals surface area contributed by atoms with E-state index in [0.29, 0.717) is 12.2 Å². The molecule has 0 saturated heterocycles. The van der Waals surface area contributed by atoms with Gasteiger partial charge in [0.2, 0.25) is 0 Å². The first-order valence-corrected chi connectivity index (χ1v) is 6.67. The Bertz CT molecular complexity index is 589. The molecule has 1 N–H and O–H groups in total. The Balaban J connectivity index is 2.37. The van der Waals surface area contributed by atoms with E-state index in [4.69, 9.17) is 0 Å². The van der Waals surface area contributed by atoms with Crippen LogP contribution in [0.15, 0.2) is 43.0 Å². The van der Waals surface area contributed by atoms with E-state index in [0.717, 1.165) is 24.2 Å². The Hall–Kier alpha value is -2.43. The van der Waals surface area contributed by atoms with E-state index in [2.05, 4.69) is 29.1 Å². The second-order valence-corrected chi connectivity index (χ2v) is 4.38. The van der Waals surface area contributed by atoms with E-state index in [-0.39, 0.29) is 5.91 Å². The number of carbonyl (C=O) groups excluding carboxylic acids is 1. The predicted octanol–water partition coefficient (Wildman–Crippen LogP) is 2.14. The molecule has 5 nitrogen and oxygen atoms in total. The largest absolute Gasteiger partial charge is 0.347 e. The minimum absolute atomic E-state index is 0.212. The Morgan fingerprint density at radius 1 is 1.40 bits per heavy atom. The number of amides is 1. The molecule has 0 spiro atoms. The number of nitrogens with zero attached hydrogens (tertiary/aromatic N) is 3. The van der Waals surface area contributed by atoms with Gasteiger partial charge in [-0.05, 0) is 18.6 Å². The van der Waals surface area contributed by atoms with Crippen molar-refractivity contribution in [2.45, 2.75) is 19.8 Å². The Morgan fingerprint density at radius 3 is 2.80 bits per heavy atom. The average molecular weight is 270 g/mol. The van der Waals surface area contributed by atoms with Crippen LogP contribution in [0.1, 0.15) is 29.5 Å². The van der Waals surface area contributed by atoms with Crippen LogP contribution in [0, 0.1) is 0 Å². The Kier molecular flexibility index (Phi) is 4.65. The zero-order valence-electron chi connectivity index (χ0n) is 11.5. The molecule has 2 aromatic rings. The molecule has 0 aliphatic heterocycles. The quantitative estimate of drug-likeness (QED) is 0.818. The molecule has 0 aliphatic carbocycles. The van der Waals surface area contributed by atoms with Crippen molar-refractivity contribution >= 4 is 5.91 Å². The lowest BCUT2D eigenvalue weighted by Crippen LogP contribution is -2.25. The maximum Gasteiger partial charge on any atom is 0.274 e. The zero-order valence-corrected chi connectivity index (χ0v) is 11.5. The summed E-state index contributed by atoms with van der Waals surface area (Å²) in [5.74, 6) is -0.212. The summed E-state index contributed by atoms with van der Waals surface area (Å²) in [6.07, 6.45) is 3.31. The Labute approximate surface area is 118 Å². The minimum atomic E-state index is -0.212. The molecule has 20 heavy (non-hydrogen) atoms. The molecular weight excluding hydrogens is 252 g/mol. The van der Waals surface area contributed by atoms with Gasteiger partial charge in [0.05, 0.1) is 11.4 Å². The molecule has 0 bridgehead atoms. The summed E-state index contributed by atoms with van der Waals surface area (Å²) in [6.45, 7) is 6.06. The van der Waals surface area contributed by atoms with E-state index in [9.17, 15) is 4.79 Å². The molecule has 5 heteroatoms. The van der Waals surface area contributed by atoms with Crippen LogP contribution in [0.4, 0.5) is 0 Å². The molecule has 0 saturated carbocycles. The van der Waals surface area contributed by atoms with Gasteiger partial charge in [-0.1, -0.05) is 42.8 Å². The van der Waals surface area contributed by atoms with Crippen molar-refractivity contribution in [3.8, 4) is 5.69 Å². The van der Waals surface area contributed by atoms with Gasteiger partial charge in [0.1, 0.15) is 0 Å². The SMILES string of the molecule is C=CCNC(=O)c1nnn(-c2ccccc2)c1CCC. The molecular formula is C15H18N4O. The third-order valence-electron chi connectivity index (χ3n) is 2.87. The number of nitrogens with one attached hydrogen (secondary N) is 1. The lowest BCUT2D eigenvalue weighted by Gasteiger charge is -2.06. The number of hydrogen-bond donors (Lipinski definition) is 1. The molecule has 1 aromatic heterocycles. The van der Waals surface area contributed by atoms with Crippen molar-refractivity contribution in [1.82, 2.24) is 20.3 Å². The minimum Gasteiger partial charge on any atom is -0.347 e. The van der Waals surface area contributed by atoms with Crippen LogP contribution < -0.4 is 5.32 Å². The molecule has 1 amide bonds. The number of hydrogen-bond acceptors (Lipinski definition) is 3. The summed E-state index contributed by atoms with van der Waals surface area (Å²) in [6, 6.07) is 9.70. The molecule has 104 valence electrons. The van der Waals surface area contributed by atoms with E-state index in [1.807, 2.05) is 30.3 Å². The standard InChI is InChI=1S/C15H18N4O/c1-3-8-13-14(15(20)16-11-4-2)17-18-19(13)12-9-6-5-7-10-12/h4-7,9-10H,2-3,8,11H2,1H3,(H,16,20). The third kappa shape index (κ3) is 2.93. The molecule has 1 aromatic carbocycles. The average Bonchev–Trinajstić information content (AvgIpc) is 2.90. The summed E-state index contributed by atoms with van der Waals surface area (Å²) in [5.41, 5.74) is 2.13. The summed E-state index contributed by atoms with van der Waals surface area (Å²) >= 11 is 0. The van der Waals surface area contributed by atoms with Gasteiger partial charge < -0.3 is 5.32 Å². The normalized spacial score (nSPS) is 10.2. The van der Waals surface area contributed by atoms with Gasteiger partial charge in [0.25, 0.3) is 5.91 Å². The monoisotopic (exact) mass is 270 g/mol. The number of benzene rings is 1. The van der Waals surface area contributed by atoms with Crippen LogP contribution in [0.5, 0.6) is 0 Å². The van der Waals surface area contributed by atoms with Crippen molar-refractivity contribution in [1.29, 1.82) is 0 Å². The summed E-state index contributed by atoms with van der Waals surface area (Å²) in [5, 5.41) is 10.9. The van der Waals surface area contributed by atoms with Crippen LogP contribution in [0.25, 0.3) is 5.69 Å². The van der Waals surface area contributed by atoms with Crippen LogP contribution in [0.2, 0.25) is 0 Å². The highest BCUT2D eigenvalue weighted by atomic mass is 16.2. The van der Waals surface area contributed by atoms with Gasteiger partial charge in [-0.2, -0.15) is 0 Å². The second-order valence-electron chi connectivity index (χ2n) is 4.38. The number of para-hydroxylation sites is 1. The molecule has 2 rings (SSSR count). The third-order valence-corrected chi connectivity index (χ3v) is 2.87. The lowest BCUT2D eigenvalue weighted by atomic mass is 10.2. The van der Waals surface area contributed by atoms with Gasteiger partial charge in [-0.25, -0.2) is 4.68 Å². The molecule has 0 fully saturated rings. The predicted molar refractivity (Wildman–Crippen MR) is 77.9 cm³/mol. The highest BCUT2D eigenvalue weighted by Crippen LogP contribution is 2.14. The van der Waals surface area contributed by atoms with Crippen molar-refractivity contribution in [2.24, 2.45) is 0 Å². The smallest absolute Gasteiger partial charge is 0.274 e. The highest BCUT2D eigenvalue weighted by Gasteiger charge is 2.19. The fourth-order valence-electron chi connectivity index (χ4n) is 1.96. The lowest BCUT2D eigenvalue weighted by molar-refractivity contribution is 0.0952. The first-order chi connectivity index (χ1) is 9.77. The van der Waals surface area contributed by atoms with Gasteiger partial charge in [0.15, 0.2) is 5.69 Å². The number of aromatic nitrogens is 3. The van der Waals surface area contributed by atoms with E-state index >= 15 is 0 Å². The molecule has 0 radical (unpaired) electrons. The van der Waals surface area contributed by atoms with Crippen molar-refractivity contribution in [3.63, 3.8) is 0 Å². The first-order valence-electron chi connectivity index (χ1n) is 6.67. The zero-order chi connectivity index (χ0) is 14.4. The maximum atomic E-state index is 12.1. The summed E-state index contributed by atoms with van der Waals surface area (Å²) in [7, 11) is 0. The van der Waals surface area contributed by atoms with E-state index in [1.54, 1.807) is 10.8 Å². The fraction of sp³-hybridized carbons (Fsp3) is 0.267. The van der Waals surface area contributed by atoms with Crippen LogP contribution >= 0.6 is 0 Å². The summed E-state index contributed by atoms with van der Waals surface area (Å²) < 4.78 is 1.73. The number of carbonyl (C=O) groups is 1. The van der Waals surface area contributed by atoms with Gasteiger partial charge in [-0.15, -0.1) is 11.7 Å². The first kappa shape index (κ1) is 14.0. The van der Waals surface area contributed by atoms with Crippen molar-refractivity contribution in [2.75, 3.05) is 6.54 Å². The van der Waals surface area contributed by atoms with Gasteiger partial charge in [0, 0.05) is 6.54 Å². The second kappa shape index (κ2) is 6.65. The molecule has 0 unspecified atom stereocenters. The number of rotatable bonds is 6. The van der Waals surface area contributed by atoms with Crippen molar-refractivity contribution in [3.05, 3.63) is 54.4 Å². The van der Waals surface area contributed by atoms with Crippen LogP contribution in [-0.4, -0.2) is 27.4 Å². The van der Waals surface area contributed by atoms with Crippen LogP contribution in [-0.2, 0) is 6.42 Å². The van der Waals surface area contributed by atoms with Crippen molar-refractivity contribution < 1.29 is 4.79 Å². The molecule has 0 aliphatic rings. The van der Waals surface area contributed by atoms with Gasteiger partial charge in [-0.3, -0.25) is 4.79 Å². The van der Waals surface area contributed by atoms with Crippen LogP contribution in [0.3, 0.4) is 0 Å². The Morgan fingerprint density at radius 2 is 2.15 bits per heavy atom. The van der Waals surface area contributed by atoms with Gasteiger partial charge >= 0.3 is 0 Å². The summed E-state index contributed by atoms with van der Waals surface area (Å²) in [4.78, 5) is 12.1. The van der Waals surface area contributed by atoms with E-state index in [1.165, 1.54) is 0 Å². The molecule has 0 atom stereocenters. The topological polar surface area (TPSA) is 59.8 Å².